The molecule has 1 saturated heterocycles. The molecule has 0 bridgehead atoms. The fraction of sp³-hybridized carbons (Fsp3) is 0.667. The summed E-state index contributed by atoms with van der Waals surface area (Å²) in [4.78, 5) is 37.2. The molecule has 1 aliphatic rings. The van der Waals surface area contributed by atoms with Crippen LogP contribution in [0.15, 0.2) is 18.5 Å². The Hall–Kier alpha value is -2.22. The van der Waals surface area contributed by atoms with Gasteiger partial charge in [-0.05, 0) is 18.9 Å². The van der Waals surface area contributed by atoms with Gasteiger partial charge in [0.1, 0.15) is 0 Å². The Bertz CT molecular complexity index is 574. The van der Waals surface area contributed by atoms with E-state index in [0.717, 1.165) is 0 Å². The smallest absolute Gasteiger partial charge is 0.227 e. The summed E-state index contributed by atoms with van der Waals surface area (Å²) in [5.74, 6) is 0.707. The number of nitrogens with one attached hydrogen (secondary N) is 1. The maximum absolute atomic E-state index is 12.4. The molecule has 1 aromatic heterocycles. The summed E-state index contributed by atoms with van der Waals surface area (Å²) in [6.07, 6.45) is 5.14. The average Bonchev–Trinajstić information content (AvgIpc) is 2.70. The molecule has 0 spiro atoms. The maximum atomic E-state index is 12.4. The zero-order valence-corrected chi connectivity index (χ0v) is 15.8. The van der Waals surface area contributed by atoms with E-state index in [1.165, 1.54) is 0 Å². The van der Waals surface area contributed by atoms with Crippen LogP contribution < -0.4 is 16.0 Å². The summed E-state index contributed by atoms with van der Waals surface area (Å²) in [6, 6.07) is 1.79. The highest BCUT2D eigenvalue weighted by Crippen LogP contribution is 2.24. The van der Waals surface area contributed by atoms with Crippen LogP contribution in [0.2, 0.25) is 0 Å². The summed E-state index contributed by atoms with van der Waals surface area (Å²) in [6.45, 7) is 7.32. The summed E-state index contributed by atoms with van der Waals surface area (Å²) in [7, 11) is 0. The van der Waals surface area contributed by atoms with Crippen molar-refractivity contribution in [2.75, 3.05) is 44.2 Å². The molecule has 2 heterocycles. The van der Waals surface area contributed by atoms with Crippen molar-refractivity contribution < 1.29 is 9.59 Å². The number of piperazine rings is 1. The molecule has 0 saturated carbocycles. The summed E-state index contributed by atoms with van der Waals surface area (Å²) in [5, 5.41) is 2.88. The number of hydrogen-bond acceptors (Lipinski definition) is 6. The van der Waals surface area contributed by atoms with Crippen LogP contribution in [0.4, 0.5) is 5.95 Å². The average molecular weight is 362 g/mol. The van der Waals surface area contributed by atoms with Gasteiger partial charge in [0.2, 0.25) is 17.8 Å². The van der Waals surface area contributed by atoms with Crippen LogP contribution in [0.5, 0.6) is 0 Å². The van der Waals surface area contributed by atoms with Crippen molar-refractivity contribution in [1.82, 2.24) is 20.2 Å². The first-order valence-corrected chi connectivity index (χ1v) is 9.34. The van der Waals surface area contributed by atoms with Gasteiger partial charge in [0, 0.05) is 58.1 Å². The predicted octanol–water partition coefficient (Wildman–Crippen LogP) is 0.397. The van der Waals surface area contributed by atoms with Gasteiger partial charge in [-0.15, -0.1) is 0 Å². The standard InChI is InChI=1S/C18H30N6O2/c1-3-18(4-2,14-19)16(26)20-9-6-15(25)23-10-12-24(13-11-23)17-21-7-5-8-22-17/h5,7-8H,3-4,6,9-14,19H2,1-2H3,(H,20,26). The van der Waals surface area contributed by atoms with Gasteiger partial charge < -0.3 is 20.9 Å². The lowest BCUT2D eigenvalue weighted by molar-refractivity contribution is -0.132. The van der Waals surface area contributed by atoms with Crippen molar-refractivity contribution in [1.29, 1.82) is 0 Å². The molecule has 0 aliphatic carbocycles. The molecule has 0 unspecified atom stereocenters. The van der Waals surface area contributed by atoms with Gasteiger partial charge in [-0.1, -0.05) is 13.8 Å². The summed E-state index contributed by atoms with van der Waals surface area (Å²) >= 11 is 0. The SMILES string of the molecule is CCC(CC)(CN)C(=O)NCCC(=O)N1CCN(c2ncccn2)CC1. The third-order valence-electron chi connectivity index (χ3n) is 5.32. The molecule has 0 atom stereocenters. The molecule has 3 N–H and O–H groups in total. The fourth-order valence-electron chi connectivity index (χ4n) is 3.19. The van der Waals surface area contributed by atoms with Crippen LogP contribution >= 0.6 is 0 Å². The number of carbonyl (C=O) groups excluding carboxylic acids is 2. The van der Waals surface area contributed by atoms with Crippen LogP contribution in [0.3, 0.4) is 0 Å². The molecule has 8 nitrogen and oxygen atoms in total. The van der Waals surface area contributed by atoms with E-state index in [9.17, 15) is 9.59 Å². The van der Waals surface area contributed by atoms with Gasteiger partial charge in [-0.2, -0.15) is 0 Å². The largest absolute Gasteiger partial charge is 0.355 e. The minimum Gasteiger partial charge on any atom is -0.355 e. The first-order chi connectivity index (χ1) is 12.6. The molecule has 2 rings (SSSR count). The van der Waals surface area contributed by atoms with E-state index in [4.69, 9.17) is 5.73 Å². The van der Waals surface area contributed by atoms with Crippen molar-refractivity contribution in [2.24, 2.45) is 11.1 Å². The van der Waals surface area contributed by atoms with Crippen molar-refractivity contribution in [3.63, 3.8) is 0 Å². The Labute approximate surface area is 155 Å². The zero-order valence-electron chi connectivity index (χ0n) is 15.8. The molecule has 1 fully saturated rings. The Balaban J connectivity index is 1.75. The highest BCUT2D eigenvalue weighted by molar-refractivity contribution is 5.83. The van der Waals surface area contributed by atoms with E-state index in [1.54, 1.807) is 18.5 Å². The van der Waals surface area contributed by atoms with Gasteiger partial charge in [-0.25, -0.2) is 9.97 Å². The Morgan fingerprint density at radius 2 is 1.77 bits per heavy atom. The van der Waals surface area contributed by atoms with Crippen LogP contribution in [0.1, 0.15) is 33.1 Å². The van der Waals surface area contributed by atoms with Gasteiger partial charge in [0.05, 0.1) is 5.41 Å². The third kappa shape index (κ3) is 4.69. The summed E-state index contributed by atoms with van der Waals surface area (Å²) in [5.41, 5.74) is 5.26. The van der Waals surface area contributed by atoms with E-state index in [2.05, 4.69) is 20.2 Å². The van der Waals surface area contributed by atoms with Crippen LogP contribution in [-0.2, 0) is 9.59 Å². The Morgan fingerprint density at radius 3 is 2.31 bits per heavy atom. The normalized spacial score (nSPS) is 15.0. The van der Waals surface area contributed by atoms with Gasteiger partial charge >= 0.3 is 0 Å². The molecule has 0 aromatic carbocycles. The number of rotatable bonds is 8. The van der Waals surface area contributed by atoms with E-state index < -0.39 is 5.41 Å². The monoisotopic (exact) mass is 362 g/mol. The van der Waals surface area contributed by atoms with Gasteiger partial charge in [0.15, 0.2) is 0 Å². The summed E-state index contributed by atoms with van der Waals surface area (Å²) < 4.78 is 0. The molecule has 1 aliphatic heterocycles. The molecule has 144 valence electrons. The van der Waals surface area contributed by atoms with E-state index >= 15 is 0 Å². The number of amides is 2. The van der Waals surface area contributed by atoms with E-state index in [0.29, 0.717) is 64.5 Å². The molecule has 8 heteroatoms. The fourth-order valence-corrected chi connectivity index (χ4v) is 3.19. The lowest BCUT2D eigenvalue weighted by Gasteiger charge is -2.35. The first-order valence-electron chi connectivity index (χ1n) is 9.34. The highest BCUT2D eigenvalue weighted by atomic mass is 16.2. The lowest BCUT2D eigenvalue weighted by Crippen LogP contribution is -2.50. The quantitative estimate of drug-likeness (QED) is 0.693. The number of carbonyl (C=O) groups is 2. The highest BCUT2D eigenvalue weighted by Gasteiger charge is 2.33. The number of nitrogens with two attached hydrogens (primary N) is 1. The van der Waals surface area contributed by atoms with Crippen LogP contribution in [-0.4, -0.2) is 66.0 Å². The zero-order chi connectivity index (χ0) is 19.0. The number of anilines is 1. The van der Waals surface area contributed by atoms with Crippen molar-refractivity contribution in [3.05, 3.63) is 18.5 Å². The number of hydrogen-bond donors (Lipinski definition) is 2. The molecular weight excluding hydrogens is 332 g/mol. The van der Waals surface area contributed by atoms with Crippen molar-refractivity contribution in [2.45, 2.75) is 33.1 Å². The minimum absolute atomic E-state index is 0.0520. The van der Waals surface area contributed by atoms with E-state index in [1.807, 2.05) is 18.7 Å². The topological polar surface area (TPSA) is 104 Å². The maximum Gasteiger partial charge on any atom is 0.227 e. The van der Waals surface area contributed by atoms with Crippen molar-refractivity contribution in [3.8, 4) is 0 Å². The number of nitrogens with zero attached hydrogens (tertiary/aromatic N) is 4. The lowest BCUT2D eigenvalue weighted by atomic mass is 9.81. The Kier molecular flexibility index (Phi) is 7.32. The predicted molar refractivity (Wildman–Crippen MR) is 101 cm³/mol. The van der Waals surface area contributed by atoms with E-state index in [-0.39, 0.29) is 11.8 Å². The number of aromatic nitrogens is 2. The second-order valence-electron chi connectivity index (χ2n) is 6.61. The second kappa shape index (κ2) is 9.47. The third-order valence-corrected chi connectivity index (χ3v) is 5.32. The molecular formula is C18H30N6O2. The van der Waals surface area contributed by atoms with Crippen LogP contribution in [0, 0.1) is 5.41 Å². The Morgan fingerprint density at radius 1 is 1.15 bits per heavy atom. The molecule has 0 radical (unpaired) electrons. The second-order valence-corrected chi connectivity index (χ2v) is 6.61. The molecule has 26 heavy (non-hydrogen) atoms. The van der Waals surface area contributed by atoms with Crippen molar-refractivity contribution >= 4 is 17.8 Å². The minimum atomic E-state index is -0.523. The molecule has 1 aromatic rings. The van der Waals surface area contributed by atoms with Gasteiger partial charge in [-0.3, -0.25) is 9.59 Å². The first kappa shape index (κ1) is 20.1. The van der Waals surface area contributed by atoms with Crippen LogP contribution in [0.25, 0.3) is 0 Å². The molecule has 2 amide bonds. The van der Waals surface area contributed by atoms with Gasteiger partial charge in [0.25, 0.3) is 0 Å².